The van der Waals surface area contributed by atoms with Crippen LogP contribution in [0, 0.1) is 0 Å². The molecule has 3 nitrogen and oxygen atoms in total. The monoisotopic (exact) mass is 217 g/mol. The molecule has 1 amide bonds. The summed E-state index contributed by atoms with van der Waals surface area (Å²) in [7, 11) is 3.00. The highest BCUT2D eigenvalue weighted by Gasteiger charge is 2.22. The first-order valence-corrected chi connectivity index (χ1v) is 6.78. The molecule has 0 heterocycles. The molecule has 0 fully saturated rings. The van der Waals surface area contributed by atoms with Gasteiger partial charge < -0.3 is 9.64 Å². The summed E-state index contributed by atoms with van der Waals surface area (Å²) in [5.74, 6) is 0. The third-order valence-electron chi connectivity index (χ3n) is 2.37. The van der Waals surface area contributed by atoms with Crippen LogP contribution in [0.5, 0.6) is 0 Å². The molecule has 0 aromatic heterocycles. The molecule has 0 rings (SSSR count). The molecule has 0 spiro atoms. The van der Waals surface area contributed by atoms with Crippen LogP contribution in [0.4, 0.5) is 4.79 Å². The van der Waals surface area contributed by atoms with Crippen LogP contribution < -0.4 is 0 Å². The van der Waals surface area contributed by atoms with Gasteiger partial charge in [-0.3, -0.25) is 0 Å². The first kappa shape index (κ1) is 13.5. The zero-order valence-corrected chi connectivity index (χ0v) is 12.1. The van der Waals surface area contributed by atoms with Crippen LogP contribution in [0.25, 0.3) is 0 Å². The predicted octanol–water partition coefficient (Wildman–Crippen LogP) is 1.42. The predicted molar refractivity (Wildman–Crippen MR) is 62.8 cm³/mol. The number of carbonyl (C=O) groups is 1. The summed E-state index contributed by atoms with van der Waals surface area (Å²) in [6.45, 7) is 6.70. The van der Waals surface area contributed by atoms with Crippen molar-refractivity contribution in [2.75, 3.05) is 13.6 Å². The molecule has 14 heavy (non-hydrogen) atoms. The number of nitrogens with zero attached hydrogens (tertiary/aromatic N) is 1. The Morgan fingerprint density at radius 1 is 1.50 bits per heavy atom. The molecule has 0 aliphatic heterocycles. The Hall–Kier alpha value is -0.513. The Balaban J connectivity index is 3.95. The van der Waals surface area contributed by atoms with Crippen LogP contribution >= 0.6 is 0 Å². The summed E-state index contributed by atoms with van der Waals surface area (Å²) in [5.41, 5.74) is -0.341. The third-order valence-corrected chi connectivity index (χ3v) is 3.08. The SMILES string of the molecule is CCC(C)(C)OC(=O)N(C)CCC[SiH3]. The van der Waals surface area contributed by atoms with Crippen molar-refractivity contribution >= 4 is 16.3 Å². The van der Waals surface area contributed by atoms with Crippen LogP contribution in [0.3, 0.4) is 0 Å². The van der Waals surface area contributed by atoms with Gasteiger partial charge in [0, 0.05) is 23.8 Å². The minimum absolute atomic E-state index is 0.202. The van der Waals surface area contributed by atoms with Gasteiger partial charge in [-0.2, -0.15) is 0 Å². The van der Waals surface area contributed by atoms with Gasteiger partial charge in [0.1, 0.15) is 5.60 Å². The van der Waals surface area contributed by atoms with E-state index in [-0.39, 0.29) is 11.7 Å². The summed E-state index contributed by atoms with van der Waals surface area (Å²) in [5, 5.41) is 0. The first-order valence-electron chi connectivity index (χ1n) is 5.37. The molecule has 0 saturated carbocycles. The molecule has 0 atom stereocenters. The van der Waals surface area contributed by atoms with Crippen LogP contribution in [-0.2, 0) is 4.74 Å². The van der Waals surface area contributed by atoms with Gasteiger partial charge in [-0.05, 0) is 26.7 Å². The smallest absolute Gasteiger partial charge is 0.410 e. The van der Waals surface area contributed by atoms with E-state index in [1.54, 1.807) is 11.9 Å². The van der Waals surface area contributed by atoms with Crippen molar-refractivity contribution in [3.63, 3.8) is 0 Å². The van der Waals surface area contributed by atoms with E-state index < -0.39 is 0 Å². The van der Waals surface area contributed by atoms with Gasteiger partial charge in [-0.25, -0.2) is 4.79 Å². The maximum Gasteiger partial charge on any atom is 0.410 e. The van der Waals surface area contributed by atoms with Crippen LogP contribution in [0.15, 0.2) is 0 Å². The van der Waals surface area contributed by atoms with Crippen LogP contribution in [-0.4, -0.2) is 40.4 Å². The molecule has 0 aromatic carbocycles. The summed E-state index contributed by atoms with van der Waals surface area (Å²) < 4.78 is 5.34. The van der Waals surface area contributed by atoms with Gasteiger partial charge in [0.05, 0.1) is 0 Å². The second kappa shape index (κ2) is 6.06. The lowest BCUT2D eigenvalue weighted by Crippen LogP contribution is -2.36. The molecule has 0 aliphatic carbocycles. The molecule has 0 saturated heterocycles. The first-order chi connectivity index (χ1) is 6.43. The topological polar surface area (TPSA) is 29.5 Å². The van der Waals surface area contributed by atoms with Gasteiger partial charge in [-0.15, -0.1) is 0 Å². The van der Waals surface area contributed by atoms with Crippen LogP contribution in [0.2, 0.25) is 6.04 Å². The molecule has 0 aromatic rings. The number of hydrogen-bond donors (Lipinski definition) is 0. The fourth-order valence-electron chi connectivity index (χ4n) is 0.873. The lowest BCUT2D eigenvalue weighted by atomic mass is 10.1. The van der Waals surface area contributed by atoms with Crippen molar-refractivity contribution in [1.82, 2.24) is 4.90 Å². The lowest BCUT2D eigenvalue weighted by Gasteiger charge is -2.26. The summed E-state index contributed by atoms with van der Waals surface area (Å²) in [4.78, 5) is 13.2. The van der Waals surface area contributed by atoms with E-state index in [2.05, 4.69) is 0 Å². The number of carbonyl (C=O) groups excluding carboxylic acids is 1. The number of hydrogen-bond acceptors (Lipinski definition) is 2. The minimum Gasteiger partial charge on any atom is -0.443 e. The summed E-state index contributed by atoms with van der Waals surface area (Å²) >= 11 is 0. The largest absolute Gasteiger partial charge is 0.443 e. The Labute approximate surface area is 90.2 Å². The molecular weight excluding hydrogens is 194 g/mol. The van der Waals surface area contributed by atoms with E-state index in [0.29, 0.717) is 0 Å². The van der Waals surface area contributed by atoms with E-state index in [1.807, 2.05) is 20.8 Å². The van der Waals surface area contributed by atoms with E-state index in [4.69, 9.17) is 4.74 Å². The van der Waals surface area contributed by atoms with Crippen molar-refractivity contribution in [3.05, 3.63) is 0 Å². The van der Waals surface area contributed by atoms with E-state index >= 15 is 0 Å². The third kappa shape index (κ3) is 5.27. The fourth-order valence-corrected chi connectivity index (χ4v) is 1.19. The maximum atomic E-state index is 11.5. The highest BCUT2D eigenvalue weighted by Crippen LogP contribution is 2.14. The quantitative estimate of drug-likeness (QED) is 0.652. The molecule has 0 unspecified atom stereocenters. The van der Waals surface area contributed by atoms with Crippen molar-refractivity contribution in [2.24, 2.45) is 0 Å². The van der Waals surface area contributed by atoms with Gasteiger partial charge in [0.15, 0.2) is 0 Å². The number of rotatable bonds is 5. The summed E-state index contributed by atoms with van der Waals surface area (Å²) in [6, 6.07) is 1.23. The Kier molecular flexibility index (Phi) is 5.84. The molecular formula is C10H23NO2Si. The van der Waals surface area contributed by atoms with Crippen LogP contribution in [0.1, 0.15) is 33.6 Å². The number of ether oxygens (including phenoxy) is 1. The zero-order valence-electron chi connectivity index (χ0n) is 10.1. The van der Waals surface area contributed by atoms with Crippen molar-refractivity contribution in [2.45, 2.75) is 45.3 Å². The minimum atomic E-state index is -0.341. The second-order valence-electron chi connectivity index (χ2n) is 4.26. The Bertz CT molecular complexity index is 183. The highest BCUT2D eigenvalue weighted by atomic mass is 28.1. The molecule has 0 bridgehead atoms. The highest BCUT2D eigenvalue weighted by molar-refractivity contribution is 6.08. The zero-order chi connectivity index (χ0) is 11.2. The molecule has 84 valence electrons. The van der Waals surface area contributed by atoms with Crippen molar-refractivity contribution in [1.29, 1.82) is 0 Å². The van der Waals surface area contributed by atoms with Gasteiger partial charge in [0.25, 0.3) is 0 Å². The standard InChI is InChI=1S/C10H23NO2Si/c1-5-10(2,3)13-9(12)11(4)7-6-8-14/h5-8H2,1-4,14H3. The Morgan fingerprint density at radius 3 is 2.50 bits per heavy atom. The molecule has 4 heteroatoms. The molecule has 0 radical (unpaired) electrons. The lowest BCUT2D eigenvalue weighted by molar-refractivity contribution is 0.0157. The molecule has 0 aliphatic rings. The Morgan fingerprint density at radius 2 is 2.07 bits per heavy atom. The maximum absolute atomic E-state index is 11.5. The van der Waals surface area contributed by atoms with E-state index in [1.165, 1.54) is 16.3 Å². The fraction of sp³-hybridized carbons (Fsp3) is 0.900. The average molecular weight is 217 g/mol. The van der Waals surface area contributed by atoms with E-state index in [9.17, 15) is 4.79 Å². The average Bonchev–Trinajstić information content (AvgIpc) is 2.13. The number of amides is 1. The molecule has 0 N–H and O–H groups in total. The van der Waals surface area contributed by atoms with Crippen molar-refractivity contribution < 1.29 is 9.53 Å². The van der Waals surface area contributed by atoms with Crippen molar-refractivity contribution in [3.8, 4) is 0 Å². The van der Waals surface area contributed by atoms with Gasteiger partial charge in [-0.1, -0.05) is 13.0 Å². The van der Waals surface area contributed by atoms with E-state index in [0.717, 1.165) is 19.4 Å². The summed E-state index contributed by atoms with van der Waals surface area (Å²) in [6.07, 6.45) is 1.73. The normalized spacial score (nSPS) is 11.4. The van der Waals surface area contributed by atoms with Gasteiger partial charge >= 0.3 is 6.09 Å². The second-order valence-corrected chi connectivity index (χ2v) is 5.26. The van der Waals surface area contributed by atoms with Gasteiger partial charge in [0.2, 0.25) is 0 Å².